The predicted molar refractivity (Wildman–Crippen MR) is 201 cm³/mol. The SMILES string of the molecule is CCCCC[C@@H]1CC2=C(C[C@H](CCCC)CC3=C1C(=O)OC3=O)C(=O)OC2=O.CCCCC[C@@H]1CC2=C(C[C@H](CCCC)CC3=C1C(=O)OC3=O)C(=O)OC2=O. The summed E-state index contributed by atoms with van der Waals surface area (Å²) < 4.78 is 19.7. The fourth-order valence-corrected chi connectivity index (χ4v) is 8.98. The zero-order chi connectivity index (χ0) is 40.5. The molecule has 0 amide bonds. The molecule has 0 bridgehead atoms. The number of cyclic esters (lactones) is 8. The molecule has 0 fully saturated rings. The Bertz CT molecular complexity index is 1640. The Kier molecular flexibility index (Phi) is 14.9. The summed E-state index contributed by atoms with van der Waals surface area (Å²) in [6.45, 7) is 8.34. The minimum Gasteiger partial charge on any atom is -0.386 e. The van der Waals surface area contributed by atoms with E-state index < -0.39 is 47.8 Å². The van der Waals surface area contributed by atoms with Gasteiger partial charge in [0.2, 0.25) is 0 Å². The Labute approximate surface area is 328 Å². The molecule has 4 aliphatic heterocycles. The third-order valence-electron chi connectivity index (χ3n) is 12.0. The van der Waals surface area contributed by atoms with E-state index in [1.54, 1.807) is 0 Å². The molecule has 304 valence electrons. The van der Waals surface area contributed by atoms with Crippen molar-refractivity contribution in [2.24, 2.45) is 23.7 Å². The lowest BCUT2D eigenvalue weighted by Crippen LogP contribution is -2.15. The van der Waals surface area contributed by atoms with Crippen molar-refractivity contribution in [3.63, 3.8) is 0 Å². The van der Waals surface area contributed by atoms with Crippen LogP contribution >= 0.6 is 0 Å². The molecule has 2 aliphatic carbocycles. The highest BCUT2D eigenvalue weighted by molar-refractivity contribution is 6.15. The van der Waals surface area contributed by atoms with Gasteiger partial charge in [-0.1, -0.05) is 91.9 Å². The van der Waals surface area contributed by atoms with Crippen LogP contribution in [0.15, 0.2) is 44.6 Å². The van der Waals surface area contributed by atoms with Gasteiger partial charge in [0.15, 0.2) is 0 Å². The Hall–Kier alpha value is -4.48. The van der Waals surface area contributed by atoms with Gasteiger partial charge in [-0.25, -0.2) is 38.4 Å². The molecule has 0 aromatic heterocycles. The lowest BCUT2D eigenvalue weighted by molar-refractivity contribution is -0.153. The number of ether oxygens (including phenoxy) is 4. The Morgan fingerprint density at radius 2 is 0.625 bits per heavy atom. The molecule has 4 heterocycles. The monoisotopic (exact) mass is 776 g/mol. The molecule has 12 nitrogen and oxygen atoms in total. The van der Waals surface area contributed by atoms with Gasteiger partial charge in [0.1, 0.15) is 0 Å². The first-order valence-corrected chi connectivity index (χ1v) is 20.9. The van der Waals surface area contributed by atoms with Gasteiger partial charge in [-0.15, -0.1) is 0 Å². The van der Waals surface area contributed by atoms with Crippen LogP contribution in [0.2, 0.25) is 0 Å². The summed E-state index contributed by atoms with van der Waals surface area (Å²) in [5, 5.41) is 0. The van der Waals surface area contributed by atoms with Crippen molar-refractivity contribution in [3.8, 4) is 0 Å². The molecule has 0 aromatic rings. The van der Waals surface area contributed by atoms with E-state index in [-0.39, 0.29) is 36.5 Å². The number of unbranched alkanes of at least 4 members (excludes halogenated alkanes) is 6. The summed E-state index contributed by atoms with van der Waals surface area (Å²) in [5.41, 5.74) is 3.39. The van der Waals surface area contributed by atoms with Gasteiger partial charge in [-0.2, -0.15) is 0 Å². The topological polar surface area (TPSA) is 173 Å². The molecule has 4 atom stereocenters. The molecular formula is C44H56O12. The van der Waals surface area contributed by atoms with Crippen molar-refractivity contribution in [2.45, 2.75) is 156 Å². The van der Waals surface area contributed by atoms with Crippen LogP contribution in [0.25, 0.3) is 0 Å². The molecule has 12 heteroatoms. The zero-order valence-electron chi connectivity index (χ0n) is 33.4. The van der Waals surface area contributed by atoms with Crippen molar-refractivity contribution < 1.29 is 57.3 Å². The fourth-order valence-electron chi connectivity index (χ4n) is 8.98. The van der Waals surface area contributed by atoms with E-state index in [0.717, 1.165) is 77.0 Å². The average molecular weight is 777 g/mol. The molecule has 6 aliphatic rings. The zero-order valence-corrected chi connectivity index (χ0v) is 33.4. The second-order valence-corrected chi connectivity index (χ2v) is 16.0. The lowest BCUT2D eigenvalue weighted by atomic mass is 9.84. The fraction of sp³-hybridized carbons (Fsp3) is 0.636. The van der Waals surface area contributed by atoms with E-state index >= 15 is 0 Å². The molecule has 0 saturated carbocycles. The summed E-state index contributed by atoms with van der Waals surface area (Å²) in [6.07, 6.45) is 14.8. The van der Waals surface area contributed by atoms with Gasteiger partial charge in [0, 0.05) is 33.4 Å². The first kappa shape index (κ1) is 42.7. The maximum atomic E-state index is 12.5. The number of hydrogen-bond acceptors (Lipinski definition) is 12. The van der Waals surface area contributed by atoms with Gasteiger partial charge in [0.05, 0.1) is 11.1 Å². The highest BCUT2D eigenvalue weighted by Gasteiger charge is 2.45. The van der Waals surface area contributed by atoms with Crippen LogP contribution in [0.3, 0.4) is 0 Å². The first-order chi connectivity index (χ1) is 26.9. The molecule has 6 rings (SSSR count). The highest BCUT2D eigenvalue weighted by Crippen LogP contribution is 2.44. The molecule has 0 unspecified atom stereocenters. The normalized spacial score (nSPS) is 25.2. The van der Waals surface area contributed by atoms with Gasteiger partial charge < -0.3 is 18.9 Å². The number of carbonyl (C=O) groups is 8. The third kappa shape index (κ3) is 9.72. The summed E-state index contributed by atoms with van der Waals surface area (Å²) in [4.78, 5) is 99.0. The average Bonchev–Trinajstić information content (AvgIpc) is 3.81. The van der Waals surface area contributed by atoms with Crippen LogP contribution in [0.4, 0.5) is 0 Å². The second kappa shape index (κ2) is 19.6. The van der Waals surface area contributed by atoms with Crippen molar-refractivity contribution in [1.29, 1.82) is 0 Å². The van der Waals surface area contributed by atoms with E-state index in [1.165, 1.54) is 0 Å². The lowest BCUT2D eigenvalue weighted by Gasteiger charge is -2.17. The number of carbonyl (C=O) groups excluding carboxylic acids is 8. The minimum atomic E-state index is -0.600. The summed E-state index contributed by atoms with van der Waals surface area (Å²) in [7, 11) is 0. The largest absolute Gasteiger partial charge is 0.386 e. The maximum Gasteiger partial charge on any atom is 0.342 e. The quantitative estimate of drug-likeness (QED) is 0.0724. The van der Waals surface area contributed by atoms with Gasteiger partial charge in [0.25, 0.3) is 0 Å². The third-order valence-corrected chi connectivity index (χ3v) is 12.0. The van der Waals surface area contributed by atoms with E-state index in [9.17, 15) is 38.4 Å². The molecular weight excluding hydrogens is 720 g/mol. The van der Waals surface area contributed by atoms with Crippen LogP contribution < -0.4 is 0 Å². The molecule has 0 radical (unpaired) electrons. The number of rotatable bonds is 14. The standard InChI is InChI=1S/2C22H28O6/c2*1-3-5-7-9-14-12-16-15(19(23)27-20(16)24)10-13(8-6-4-2)11-17-18(14)22(26)28-21(17)25/h2*13-14H,3-12H2,1-2H3/t2*13-,14+/m00/s1. The highest BCUT2D eigenvalue weighted by atomic mass is 16.6. The van der Waals surface area contributed by atoms with Gasteiger partial charge in [-0.3, -0.25) is 0 Å². The smallest absolute Gasteiger partial charge is 0.342 e. The van der Waals surface area contributed by atoms with Crippen molar-refractivity contribution in [1.82, 2.24) is 0 Å². The first-order valence-electron chi connectivity index (χ1n) is 20.9. The Morgan fingerprint density at radius 1 is 0.339 bits per heavy atom. The Morgan fingerprint density at radius 3 is 0.964 bits per heavy atom. The molecule has 0 spiro atoms. The van der Waals surface area contributed by atoms with E-state index in [4.69, 9.17) is 18.9 Å². The van der Waals surface area contributed by atoms with Crippen LogP contribution in [0.1, 0.15) is 156 Å². The summed E-state index contributed by atoms with van der Waals surface area (Å²) >= 11 is 0. The van der Waals surface area contributed by atoms with Crippen LogP contribution in [0.5, 0.6) is 0 Å². The summed E-state index contributed by atoms with van der Waals surface area (Å²) in [6, 6.07) is 0. The van der Waals surface area contributed by atoms with E-state index in [1.807, 2.05) is 0 Å². The van der Waals surface area contributed by atoms with Crippen LogP contribution in [-0.2, 0) is 57.3 Å². The minimum absolute atomic E-state index is 0.00115. The van der Waals surface area contributed by atoms with E-state index in [2.05, 4.69) is 27.7 Å². The molecule has 0 saturated heterocycles. The number of hydrogen-bond donors (Lipinski definition) is 0. The van der Waals surface area contributed by atoms with Crippen LogP contribution in [-0.4, -0.2) is 47.8 Å². The van der Waals surface area contributed by atoms with Crippen molar-refractivity contribution in [3.05, 3.63) is 44.6 Å². The van der Waals surface area contributed by atoms with Crippen LogP contribution in [0, 0.1) is 23.7 Å². The molecule has 56 heavy (non-hydrogen) atoms. The van der Waals surface area contributed by atoms with E-state index in [0.29, 0.717) is 83.1 Å². The van der Waals surface area contributed by atoms with Gasteiger partial charge >= 0.3 is 47.8 Å². The summed E-state index contributed by atoms with van der Waals surface area (Å²) in [5.74, 6) is -5.21. The van der Waals surface area contributed by atoms with Crippen molar-refractivity contribution >= 4 is 47.8 Å². The van der Waals surface area contributed by atoms with Gasteiger partial charge in [-0.05, 0) is 87.9 Å². The van der Waals surface area contributed by atoms with Crippen molar-refractivity contribution in [2.75, 3.05) is 0 Å². The molecule has 0 N–H and O–H groups in total. The maximum absolute atomic E-state index is 12.5. The second-order valence-electron chi connectivity index (χ2n) is 16.0. The predicted octanol–water partition coefficient (Wildman–Crippen LogP) is 7.87. The number of esters is 8. The Balaban J connectivity index is 0.000000214. The molecule has 0 aromatic carbocycles.